The highest BCUT2D eigenvalue weighted by molar-refractivity contribution is 7.80. The summed E-state index contributed by atoms with van der Waals surface area (Å²) in [7, 11) is 0. The third-order valence-electron chi connectivity index (χ3n) is 3.70. The zero-order chi connectivity index (χ0) is 13.0. The number of pyridine rings is 1. The molecule has 1 aromatic heterocycles. The molecule has 2 heterocycles. The Bertz CT molecular complexity index is 419. The predicted molar refractivity (Wildman–Crippen MR) is 78.4 cm³/mol. The molecule has 1 fully saturated rings. The van der Waals surface area contributed by atoms with Gasteiger partial charge >= 0.3 is 0 Å². The van der Waals surface area contributed by atoms with Crippen LogP contribution in [0.2, 0.25) is 0 Å². The maximum Gasteiger partial charge on any atom is 0.123 e. The van der Waals surface area contributed by atoms with Crippen LogP contribution in [0.1, 0.15) is 37.4 Å². The largest absolute Gasteiger partial charge is 0.388 e. The fourth-order valence-corrected chi connectivity index (χ4v) is 2.84. The molecule has 1 atom stereocenters. The molecule has 0 amide bonds. The highest BCUT2D eigenvalue weighted by Crippen LogP contribution is 2.21. The van der Waals surface area contributed by atoms with Crippen molar-refractivity contribution in [2.75, 3.05) is 13.1 Å². The zero-order valence-electron chi connectivity index (χ0n) is 10.9. The van der Waals surface area contributed by atoms with Gasteiger partial charge in [0.1, 0.15) is 10.7 Å². The van der Waals surface area contributed by atoms with Crippen molar-refractivity contribution in [3.8, 4) is 0 Å². The van der Waals surface area contributed by atoms with Crippen molar-refractivity contribution < 1.29 is 0 Å². The van der Waals surface area contributed by atoms with Crippen molar-refractivity contribution in [3.63, 3.8) is 0 Å². The molecule has 98 valence electrons. The SMILES string of the molecule is CCC1CCCN(Cc2cccnc2C(N)=S)C1. The van der Waals surface area contributed by atoms with Crippen LogP contribution >= 0.6 is 12.2 Å². The molecular formula is C14H21N3S. The molecule has 4 heteroatoms. The van der Waals surface area contributed by atoms with E-state index in [0.717, 1.165) is 23.7 Å². The van der Waals surface area contributed by atoms with Gasteiger partial charge in [0, 0.05) is 19.3 Å². The highest BCUT2D eigenvalue weighted by Gasteiger charge is 2.19. The van der Waals surface area contributed by atoms with Crippen LogP contribution in [0.3, 0.4) is 0 Å². The van der Waals surface area contributed by atoms with Gasteiger partial charge < -0.3 is 5.73 Å². The summed E-state index contributed by atoms with van der Waals surface area (Å²) in [5, 5.41) is 0. The normalized spacial score (nSPS) is 20.8. The third kappa shape index (κ3) is 3.27. The third-order valence-corrected chi connectivity index (χ3v) is 3.89. The number of piperidine rings is 1. The van der Waals surface area contributed by atoms with Crippen LogP contribution in [0.4, 0.5) is 0 Å². The van der Waals surface area contributed by atoms with E-state index in [9.17, 15) is 0 Å². The lowest BCUT2D eigenvalue weighted by molar-refractivity contribution is 0.164. The smallest absolute Gasteiger partial charge is 0.123 e. The van der Waals surface area contributed by atoms with Gasteiger partial charge in [-0.05, 0) is 36.9 Å². The van der Waals surface area contributed by atoms with Gasteiger partial charge in [0.15, 0.2) is 0 Å². The van der Waals surface area contributed by atoms with Crippen LogP contribution in [0, 0.1) is 5.92 Å². The first kappa shape index (κ1) is 13.4. The maximum absolute atomic E-state index is 5.72. The summed E-state index contributed by atoms with van der Waals surface area (Å²) >= 11 is 5.06. The summed E-state index contributed by atoms with van der Waals surface area (Å²) in [6.07, 6.45) is 5.68. The minimum atomic E-state index is 0.398. The molecule has 3 nitrogen and oxygen atoms in total. The topological polar surface area (TPSA) is 42.2 Å². The van der Waals surface area contributed by atoms with Gasteiger partial charge in [-0.1, -0.05) is 31.6 Å². The Morgan fingerprint density at radius 2 is 2.44 bits per heavy atom. The average Bonchev–Trinajstić information content (AvgIpc) is 2.39. The Balaban J connectivity index is 2.07. The predicted octanol–water partition coefficient (Wildman–Crippen LogP) is 2.34. The molecule has 0 bridgehead atoms. The number of likely N-dealkylation sites (tertiary alicyclic amines) is 1. The second-order valence-electron chi connectivity index (χ2n) is 5.03. The first-order valence-electron chi connectivity index (χ1n) is 6.66. The molecule has 1 aliphatic rings. The van der Waals surface area contributed by atoms with E-state index >= 15 is 0 Å². The molecule has 18 heavy (non-hydrogen) atoms. The molecule has 0 radical (unpaired) electrons. The van der Waals surface area contributed by atoms with Crippen LogP contribution < -0.4 is 5.73 Å². The first-order chi connectivity index (χ1) is 8.70. The molecule has 0 aliphatic carbocycles. The Hall–Kier alpha value is -1.00. The lowest BCUT2D eigenvalue weighted by Gasteiger charge is -2.32. The van der Waals surface area contributed by atoms with Gasteiger partial charge in [-0.25, -0.2) is 0 Å². The summed E-state index contributed by atoms with van der Waals surface area (Å²) in [5.74, 6) is 0.837. The Morgan fingerprint density at radius 3 is 3.17 bits per heavy atom. The standard InChI is InChI=1S/C14H21N3S/c1-2-11-5-4-8-17(9-11)10-12-6-3-7-16-13(12)14(15)18/h3,6-7,11H,2,4-5,8-10H2,1H3,(H2,15,18). The average molecular weight is 263 g/mol. The summed E-state index contributed by atoms with van der Waals surface area (Å²) in [5.41, 5.74) is 7.66. The van der Waals surface area contributed by atoms with Crippen molar-refractivity contribution in [1.82, 2.24) is 9.88 Å². The van der Waals surface area contributed by atoms with Crippen LogP contribution in [0.15, 0.2) is 18.3 Å². The molecule has 1 unspecified atom stereocenters. The quantitative estimate of drug-likeness (QED) is 0.847. The van der Waals surface area contributed by atoms with E-state index in [0.29, 0.717) is 4.99 Å². The van der Waals surface area contributed by atoms with Crippen molar-refractivity contribution >= 4 is 17.2 Å². The van der Waals surface area contributed by atoms with Gasteiger partial charge in [-0.3, -0.25) is 9.88 Å². The van der Waals surface area contributed by atoms with Crippen LogP contribution in [-0.4, -0.2) is 28.0 Å². The van der Waals surface area contributed by atoms with Crippen molar-refractivity contribution in [2.45, 2.75) is 32.7 Å². The summed E-state index contributed by atoms with van der Waals surface area (Å²) in [6.45, 7) is 5.54. The first-order valence-corrected chi connectivity index (χ1v) is 7.07. The number of rotatable bonds is 4. The Kier molecular flexibility index (Phi) is 4.66. The minimum absolute atomic E-state index is 0.398. The monoisotopic (exact) mass is 263 g/mol. The Morgan fingerprint density at radius 1 is 1.61 bits per heavy atom. The molecule has 1 saturated heterocycles. The van der Waals surface area contributed by atoms with Gasteiger partial charge in [0.05, 0.1) is 0 Å². The summed E-state index contributed by atoms with van der Waals surface area (Å²) in [6, 6.07) is 4.04. The molecule has 0 saturated carbocycles. The lowest BCUT2D eigenvalue weighted by atomic mass is 9.95. The van der Waals surface area contributed by atoms with E-state index in [1.807, 2.05) is 6.07 Å². The highest BCUT2D eigenvalue weighted by atomic mass is 32.1. The molecule has 2 N–H and O–H groups in total. The van der Waals surface area contributed by atoms with E-state index in [4.69, 9.17) is 18.0 Å². The van der Waals surface area contributed by atoms with Crippen molar-refractivity contribution in [1.29, 1.82) is 0 Å². The van der Waals surface area contributed by atoms with Gasteiger partial charge in [-0.2, -0.15) is 0 Å². The molecule has 1 aliphatic heterocycles. The van der Waals surface area contributed by atoms with E-state index < -0.39 is 0 Å². The maximum atomic E-state index is 5.72. The van der Waals surface area contributed by atoms with Gasteiger partial charge in [0.25, 0.3) is 0 Å². The fourth-order valence-electron chi connectivity index (χ4n) is 2.66. The van der Waals surface area contributed by atoms with Crippen LogP contribution in [0.25, 0.3) is 0 Å². The molecule has 1 aromatic rings. The van der Waals surface area contributed by atoms with Crippen molar-refractivity contribution in [3.05, 3.63) is 29.6 Å². The summed E-state index contributed by atoms with van der Waals surface area (Å²) < 4.78 is 0. The number of hydrogen-bond donors (Lipinski definition) is 1. The van der Waals surface area contributed by atoms with Gasteiger partial charge in [0.2, 0.25) is 0 Å². The number of aromatic nitrogens is 1. The minimum Gasteiger partial charge on any atom is -0.388 e. The van der Waals surface area contributed by atoms with Crippen LogP contribution in [-0.2, 0) is 6.54 Å². The van der Waals surface area contributed by atoms with Crippen molar-refractivity contribution in [2.24, 2.45) is 11.7 Å². The Labute approximate surface area is 114 Å². The zero-order valence-corrected chi connectivity index (χ0v) is 11.7. The number of nitrogens with two attached hydrogens (primary N) is 1. The van der Waals surface area contributed by atoms with E-state index in [-0.39, 0.29) is 0 Å². The van der Waals surface area contributed by atoms with Crippen LogP contribution in [0.5, 0.6) is 0 Å². The molecule has 0 aromatic carbocycles. The second-order valence-corrected chi connectivity index (χ2v) is 5.47. The second kappa shape index (κ2) is 6.25. The van der Waals surface area contributed by atoms with Gasteiger partial charge in [-0.15, -0.1) is 0 Å². The molecular weight excluding hydrogens is 242 g/mol. The van der Waals surface area contributed by atoms with E-state index in [1.165, 1.54) is 32.4 Å². The fraction of sp³-hybridized carbons (Fsp3) is 0.571. The van der Waals surface area contributed by atoms with E-state index in [2.05, 4.69) is 22.9 Å². The lowest BCUT2D eigenvalue weighted by Crippen LogP contribution is -2.35. The summed E-state index contributed by atoms with van der Waals surface area (Å²) in [4.78, 5) is 7.18. The molecule has 2 rings (SSSR count). The number of thiocarbonyl (C=S) groups is 1. The molecule has 0 spiro atoms. The number of nitrogens with zero attached hydrogens (tertiary/aromatic N) is 2. The van der Waals surface area contributed by atoms with E-state index in [1.54, 1.807) is 6.20 Å². The number of hydrogen-bond acceptors (Lipinski definition) is 3.